The average molecular weight is 648 g/mol. The van der Waals surface area contributed by atoms with E-state index < -0.39 is 28.0 Å². The average Bonchev–Trinajstić information content (AvgIpc) is 3.00. The van der Waals surface area contributed by atoms with E-state index in [1.54, 1.807) is 6.08 Å². The van der Waals surface area contributed by atoms with Gasteiger partial charge in [-0.2, -0.15) is 8.42 Å². The van der Waals surface area contributed by atoms with Crippen LogP contribution in [0.4, 0.5) is 0 Å². The fraction of sp³-hybridized carbons (Fsp3) is 0.658. The first-order valence-corrected chi connectivity index (χ1v) is 19.2. The highest BCUT2D eigenvalue weighted by Crippen LogP contribution is 2.11. The summed E-state index contributed by atoms with van der Waals surface area (Å²) in [5, 5.41) is 13.1. The van der Waals surface area contributed by atoms with E-state index in [0.717, 1.165) is 51.4 Å². The first-order valence-electron chi connectivity index (χ1n) is 17.6. The normalized spacial score (nSPS) is 14.3. The summed E-state index contributed by atoms with van der Waals surface area (Å²) in [6.45, 7) is 4.38. The number of aliphatic hydroxyl groups excluding tert-OH is 1. The molecule has 0 heterocycles. The van der Waals surface area contributed by atoms with E-state index in [4.69, 9.17) is 0 Å². The fourth-order valence-corrected chi connectivity index (χ4v) is 5.48. The Morgan fingerprint density at radius 3 is 1.67 bits per heavy atom. The molecule has 0 spiro atoms. The monoisotopic (exact) mass is 647 g/mol. The highest BCUT2D eigenvalue weighted by atomic mass is 32.2. The van der Waals surface area contributed by atoms with Crippen LogP contribution < -0.4 is 5.32 Å². The molecule has 6 nitrogen and oxygen atoms in total. The number of aliphatic hydroxyl groups is 1. The number of hydrogen-bond acceptors (Lipinski definition) is 4. The van der Waals surface area contributed by atoms with Crippen LogP contribution >= 0.6 is 0 Å². The zero-order valence-electron chi connectivity index (χ0n) is 28.5. The Morgan fingerprint density at radius 2 is 1.09 bits per heavy atom. The molecule has 2 atom stereocenters. The molecule has 0 aromatic carbocycles. The summed E-state index contributed by atoms with van der Waals surface area (Å²) >= 11 is 0. The van der Waals surface area contributed by atoms with Crippen LogP contribution in [-0.2, 0) is 14.9 Å². The van der Waals surface area contributed by atoms with E-state index in [1.807, 2.05) is 0 Å². The number of rotatable bonds is 30. The molecular weight excluding hydrogens is 582 g/mol. The lowest BCUT2D eigenvalue weighted by Gasteiger charge is -2.21. The maximum atomic E-state index is 12.4. The molecule has 0 aromatic rings. The van der Waals surface area contributed by atoms with Crippen LogP contribution in [-0.4, -0.2) is 41.9 Å². The predicted molar refractivity (Wildman–Crippen MR) is 193 cm³/mol. The summed E-state index contributed by atoms with van der Waals surface area (Å²) in [7, 11) is -4.37. The first-order chi connectivity index (χ1) is 21.8. The molecular formula is C38H65NO5S. The SMILES string of the molecule is CC/C=C\C/C=C\C/C=C\C/C=C\CCCCC(=O)NC(CS(=O)(=O)O)C(O)/C=C/CC/C=C/CCCCCCCCCCC. The standard InChI is InChI=1S/C38H65NO5S/c1-3-5-7-9-11-13-15-17-19-21-23-25-27-29-31-33-37(40)36(35-45(42,43)44)39-38(41)34-32-30-28-26-24-22-20-18-16-14-12-10-8-6-4-2/h6,8,12,14,18,20,23-26,31,33,36-37,40H,3-5,7,9-11,13,15-17,19,21-22,27-30,32,34-35H2,1-2H3,(H,39,41)(H,42,43,44)/b8-6-,14-12-,20-18-,25-23+,26-24-,33-31+. The summed E-state index contributed by atoms with van der Waals surface area (Å²) < 4.78 is 32.3. The van der Waals surface area contributed by atoms with E-state index in [9.17, 15) is 22.9 Å². The Morgan fingerprint density at radius 1 is 0.622 bits per heavy atom. The Kier molecular flexibility index (Phi) is 30.2. The molecule has 1 amide bonds. The van der Waals surface area contributed by atoms with Gasteiger partial charge in [0.1, 0.15) is 0 Å². The maximum Gasteiger partial charge on any atom is 0.267 e. The molecule has 2 unspecified atom stereocenters. The van der Waals surface area contributed by atoms with Crippen LogP contribution in [0.5, 0.6) is 0 Å². The van der Waals surface area contributed by atoms with E-state index in [1.165, 1.54) is 63.9 Å². The van der Waals surface area contributed by atoms with Gasteiger partial charge in [-0.05, 0) is 70.6 Å². The molecule has 0 aliphatic heterocycles. The van der Waals surface area contributed by atoms with Crippen molar-refractivity contribution in [1.82, 2.24) is 5.32 Å². The number of allylic oxidation sites excluding steroid dienone is 11. The van der Waals surface area contributed by atoms with Crippen LogP contribution in [0.2, 0.25) is 0 Å². The van der Waals surface area contributed by atoms with E-state index in [-0.39, 0.29) is 12.3 Å². The highest BCUT2D eigenvalue weighted by Gasteiger charge is 2.24. The Bertz CT molecular complexity index is 978. The molecule has 0 radical (unpaired) electrons. The van der Waals surface area contributed by atoms with Gasteiger partial charge >= 0.3 is 0 Å². The molecule has 0 aromatic heterocycles. The Hall–Kier alpha value is -2.22. The van der Waals surface area contributed by atoms with Gasteiger partial charge in [-0.25, -0.2) is 0 Å². The van der Waals surface area contributed by atoms with Crippen molar-refractivity contribution in [2.45, 2.75) is 154 Å². The van der Waals surface area contributed by atoms with Crippen molar-refractivity contribution in [2.24, 2.45) is 0 Å². The van der Waals surface area contributed by atoms with E-state index >= 15 is 0 Å². The molecule has 0 aliphatic carbocycles. The number of amides is 1. The van der Waals surface area contributed by atoms with Gasteiger partial charge in [0.2, 0.25) is 5.91 Å². The van der Waals surface area contributed by atoms with Gasteiger partial charge in [0, 0.05) is 6.42 Å². The summed E-state index contributed by atoms with van der Waals surface area (Å²) in [6, 6.07) is -1.10. The number of carbonyl (C=O) groups is 1. The largest absolute Gasteiger partial charge is 0.387 e. The molecule has 0 aliphatic rings. The van der Waals surface area contributed by atoms with Crippen LogP contribution in [0.25, 0.3) is 0 Å². The summed E-state index contributed by atoms with van der Waals surface area (Å²) in [6.07, 6.45) is 44.6. The van der Waals surface area contributed by atoms with Gasteiger partial charge in [0.05, 0.1) is 17.9 Å². The topological polar surface area (TPSA) is 104 Å². The smallest absolute Gasteiger partial charge is 0.267 e. The minimum absolute atomic E-state index is 0.232. The highest BCUT2D eigenvalue weighted by molar-refractivity contribution is 7.85. The quantitative estimate of drug-likeness (QED) is 0.0409. The van der Waals surface area contributed by atoms with Gasteiger partial charge in [0.25, 0.3) is 10.1 Å². The molecule has 0 fully saturated rings. The van der Waals surface area contributed by atoms with Crippen LogP contribution in [0, 0.1) is 0 Å². The molecule has 0 saturated heterocycles. The Labute approximate surface area is 276 Å². The van der Waals surface area contributed by atoms with E-state index in [2.05, 4.69) is 79.9 Å². The van der Waals surface area contributed by atoms with Crippen molar-refractivity contribution in [3.8, 4) is 0 Å². The van der Waals surface area contributed by atoms with Crippen molar-refractivity contribution in [3.05, 3.63) is 72.9 Å². The third-order valence-electron chi connectivity index (χ3n) is 7.37. The lowest BCUT2D eigenvalue weighted by Crippen LogP contribution is -2.46. The van der Waals surface area contributed by atoms with Gasteiger partial charge in [0.15, 0.2) is 0 Å². The van der Waals surface area contributed by atoms with Crippen molar-refractivity contribution in [2.75, 3.05) is 5.75 Å². The summed E-state index contributed by atoms with van der Waals surface area (Å²) in [5.74, 6) is -1.06. The van der Waals surface area contributed by atoms with E-state index in [0.29, 0.717) is 12.8 Å². The molecule has 0 saturated carbocycles. The molecule has 3 N–H and O–H groups in total. The van der Waals surface area contributed by atoms with Crippen molar-refractivity contribution in [3.63, 3.8) is 0 Å². The van der Waals surface area contributed by atoms with Crippen molar-refractivity contribution in [1.29, 1.82) is 0 Å². The minimum atomic E-state index is -4.37. The third kappa shape index (κ3) is 33.0. The molecule has 45 heavy (non-hydrogen) atoms. The summed E-state index contributed by atoms with van der Waals surface area (Å²) in [5.41, 5.74) is 0. The molecule has 0 bridgehead atoms. The van der Waals surface area contributed by atoms with Crippen molar-refractivity contribution >= 4 is 16.0 Å². The molecule has 0 rings (SSSR count). The van der Waals surface area contributed by atoms with Gasteiger partial charge < -0.3 is 10.4 Å². The Balaban J connectivity index is 4.17. The minimum Gasteiger partial charge on any atom is -0.387 e. The van der Waals surface area contributed by atoms with Gasteiger partial charge in [-0.15, -0.1) is 0 Å². The lowest BCUT2D eigenvalue weighted by molar-refractivity contribution is -0.122. The second-order valence-electron chi connectivity index (χ2n) is 11.8. The zero-order chi connectivity index (χ0) is 33.3. The second-order valence-corrected chi connectivity index (χ2v) is 13.3. The number of nitrogens with one attached hydrogen (secondary N) is 1. The lowest BCUT2D eigenvalue weighted by atomic mass is 10.1. The van der Waals surface area contributed by atoms with Gasteiger partial charge in [-0.1, -0.05) is 138 Å². The zero-order valence-corrected chi connectivity index (χ0v) is 29.3. The van der Waals surface area contributed by atoms with Crippen molar-refractivity contribution < 1.29 is 22.9 Å². The predicted octanol–water partition coefficient (Wildman–Crippen LogP) is 9.90. The number of carbonyl (C=O) groups excluding carboxylic acids is 1. The van der Waals surface area contributed by atoms with Crippen LogP contribution in [0.15, 0.2) is 72.9 Å². The maximum absolute atomic E-state index is 12.4. The van der Waals surface area contributed by atoms with Crippen LogP contribution in [0.3, 0.4) is 0 Å². The van der Waals surface area contributed by atoms with Crippen LogP contribution in [0.1, 0.15) is 142 Å². The second kappa shape index (κ2) is 31.7. The molecule has 258 valence electrons. The fourth-order valence-electron chi connectivity index (χ4n) is 4.75. The molecule has 7 heteroatoms. The van der Waals surface area contributed by atoms with Gasteiger partial charge in [-0.3, -0.25) is 9.35 Å². The first kappa shape index (κ1) is 42.8. The number of hydrogen-bond donors (Lipinski definition) is 3. The third-order valence-corrected chi connectivity index (χ3v) is 8.15. The summed E-state index contributed by atoms with van der Waals surface area (Å²) in [4.78, 5) is 12.4. The number of unbranched alkanes of at least 4 members (excludes halogenated alkanes) is 12.